The van der Waals surface area contributed by atoms with Crippen molar-refractivity contribution in [1.29, 1.82) is 0 Å². The Labute approximate surface area is 177 Å². The molecule has 0 radical (unpaired) electrons. The van der Waals surface area contributed by atoms with Gasteiger partial charge in [0.2, 0.25) is 11.8 Å². The van der Waals surface area contributed by atoms with Crippen molar-refractivity contribution in [2.24, 2.45) is 0 Å². The van der Waals surface area contributed by atoms with Crippen molar-refractivity contribution in [2.75, 3.05) is 13.7 Å². The number of halogens is 2. The van der Waals surface area contributed by atoms with Crippen LogP contribution < -0.4 is 14.8 Å². The minimum atomic E-state index is -0.614. The number of alkyl carbamates (subject to hydrolysis) is 1. The highest BCUT2D eigenvalue weighted by molar-refractivity contribution is 9.10. The highest BCUT2D eigenvalue weighted by Crippen LogP contribution is 2.29. The molecule has 10 heteroatoms. The molecule has 2 aromatic rings. The lowest BCUT2D eigenvalue weighted by molar-refractivity contribution is 0.0486. The zero-order chi connectivity index (χ0) is 20.7. The van der Waals surface area contributed by atoms with Gasteiger partial charge in [0.1, 0.15) is 23.0 Å². The first-order valence-corrected chi connectivity index (χ1v) is 9.62. The second kappa shape index (κ2) is 9.88. The van der Waals surface area contributed by atoms with Crippen molar-refractivity contribution >= 4 is 33.6 Å². The molecule has 0 aromatic carbocycles. The van der Waals surface area contributed by atoms with E-state index >= 15 is 0 Å². The van der Waals surface area contributed by atoms with Gasteiger partial charge in [-0.25, -0.2) is 14.8 Å². The van der Waals surface area contributed by atoms with Crippen LogP contribution in [0.2, 0.25) is 5.02 Å². The fourth-order valence-electron chi connectivity index (χ4n) is 2.17. The molecule has 2 aromatic heterocycles. The number of amides is 1. The Kier molecular flexibility index (Phi) is 7.82. The number of carbonyl (C=O) groups is 1. The van der Waals surface area contributed by atoms with Gasteiger partial charge in [0.05, 0.1) is 18.2 Å². The van der Waals surface area contributed by atoms with Crippen molar-refractivity contribution in [3.63, 3.8) is 0 Å². The Bertz CT molecular complexity index is 799. The van der Waals surface area contributed by atoms with Gasteiger partial charge in [-0.3, -0.25) is 4.98 Å². The van der Waals surface area contributed by atoms with Crippen LogP contribution in [-0.2, 0) is 11.2 Å². The zero-order valence-electron chi connectivity index (χ0n) is 16.0. The SMILES string of the molecule is COc1ncnc(OC[C@@H](Cc2ccc(Cl)cn2)NC(=O)OC(C)(C)C)c1Br. The molecule has 0 fully saturated rings. The van der Waals surface area contributed by atoms with E-state index in [-0.39, 0.29) is 6.61 Å². The molecule has 0 aliphatic carbocycles. The van der Waals surface area contributed by atoms with Gasteiger partial charge in [0, 0.05) is 18.3 Å². The van der Waals surface area contributed by atoms with Crippen LogP contribution in [0.25, 0.3) is 0 Å². The maximum Gasteiger partial charge on any atom is 0.408 e. The van der Waals surface area contributed by atoms with Crippen LogP contribution in [0.15, 0.2) is 29.1 Å². The fourth-order valence-corrected chi connectivity index (χ4v) is 2.76. The van der Waals surface area contributed by atoms with E-state index in [0.29, 0.717) is 27.7 Å². The molecule has 152 valence electrons. The maximum absolute atomic E-state index is 12.2. The van der Waals surface area contributed by atoms with Crippen LogP contribution in [0, 0.1) is 0 Å². The summed E-state index contributed by atoms with van der Waals surface area (Å²) in [5, 5.41) is 3.34. The van der Waals surface area contributed by atoms with Crippen LogP contribution in [0.4, 0.5) is 4.79 Å². The molecule has 28 heavy (non-hydrogen) atoms. The molecule has 0 bridgehead atoms. The summed E-state index contributed by atoms with van der Waals surface area (Å²) in [7, 11) is 1.50. The summed E-state index contributed by atoms with van der Waals surface area (Å²) in [4.78, 5) is 24.5. The number of aromatic nitrogens is 3. The van der Waals surface area contributed by atoms with Gasteiger partial charge in [-0.2, -0.15) is 0 Å². The highest BCUT2D eigenvalue weighted by atomic mass is 79.9. The number of hydrogen-bond donors (Lipinski definition) is 1. The Balaban J connectivity index is 2.10. The number of nitrogens with one attached hydrogen (secondary N) is 1. The predicted molar refractivity (Wildman–Crippen MR) is 108 cm³/mol. The number of methoxy groups -OCH3 is 1. The molecular weight excluding hydrogens is 452 g/mol. The molecule has 2 rings (SSSR count). The molecule has 0 saturated carbocycles. The van der Waals surface area contributed by atoms with E-state index in [0.717, 1.165) is 5.69 Å². The Hall–Kier alpha value is -2.13. The van der Waals surface area contributed by atoms with Gasteiger partial charge in [-0.05, 0) is 48.8 Å². The minimum absolute atomic E-state index is 0.127. The van der Waals surface area contributed by atoms with Crippen molar-refractivity contribution in [1.82, 2.24) is 20.3 Å². The molecule has 8 nitrogen and oxygen atoms in total. The average molecular weight is 474 g/mol. The molecule has 1 amide bonds. The van der Waals surface area contributed by atoms with Crippen molar-refractivity contribution in [3.8, 4) is 11.8 Å². The summed E-state index contributed by atoms with van der Waals surface area (Å²) >= 11 is 9.23. The third-order valence-corrected chi connectivity index (χ3v) is 4.21. The number of pyridine rings is 1. The number of ether oxygens (including phenoxy) is 3. The average Bonchev–Trinajstić information content (AvgIpc) is 2.61. The van der Waals surface area contributed by atoms with Gasteiger partial charge in [-0.1, -0.05) is 11.6 Å². The number of hydrogen-bond acceptors (Lipinski definition) is 7. The second-order valence-corrected chi connectivity index (χ2v) is 8.06. The van der Waals surface area contributed by atoms with E-state index in [1.54, 1.807) is 39.1 Å². The van der Waals surface area contributed by atoms with E-state index in [1.807, 2.05) is 0 Å². The summed E-state index contributed by atoms with van der Waals surface area (Å²) < 4.78 is 16.7. The Morgan fingerprint density at radius 2 is 1.96 bits per heavy atom. The molecule has 0 aliphatic rings. The molecule has 0 unspecified atom stereocenters. The van der Waals surface area contributed by atoms with Crippen molar-refractivity contribution in [2.45, 2.75) is 38.8 Å². The zero-order valence-corrected chi connectivity index (χ0v) is 18.4. The Morgan fingerprint density at radius 1 is 1.25 bits per heavy atom. The monoisotopic (exact) mass is 472 g/mol. The molecule has 1 atom stereocenters. The molecule has 0 saturated heterocycles. The van der Waals surface area contributed by atoms with Crippen LogP contribution >= 0.6 is 27.5 Å². The topological polar surface area (TPSA) is 95.5 Å². The van der Waals surface area contributed by atoms with E-state index < -0.39 is 17.7 Å². The maximum atomic E-state index is 12.2. The molecule has 1 N–H and O–H groups in total. The molecule has 0 aliphatic heterocycles. The van der Waals surface area contributed by atoms with Crippen molar-refractivity contribution < 1.29 is 19.0 Å². The van der Waals surface area contributed by atoms with Gasteiger partial charge in [0.25, 0.3) is 0 Å². The van der Waals surface area contributed by atoms with E-state index in [4.69, 9.17) is 25.8 Å². The lowest BCUT2D eigenvalue weighted by atomic mass is 10.1. The third kappa shape index (κ3) is 7.12. The third-order valence-electron chi connectivity index (χ3n) is 3.31. The van der Waals surface area contributed by atoms with Gasteiger partial charge >= 0.3 is 6.09 Å². The van der Waals surface area contributed by atoms with E-state index in [2.05, 4.69) is 36.2 Å². The smallest absolute Gasteiger partial charge is 0.408 e. The fraction of sp³-hybridized carbons (Fsp3) is 0.444. The standard InChI is InChI=1S/C18H22BrClN4O4/c1-18(2,3)28-17(25)24-13(7-12-6-5-11(20)8-21-12)9-27-16-14(19)15(26-4)22-10-23-16/h5-6,8,10,13H,7,9H2,1-4H3,(H,24,25)/t13-/m1/s1. The van der Waals surface area contributed by atoms with Crippen LogP contribution in [0.1, 0.15) is 26.5 Å². The first kappa shape index (κ1) is 22.2. The van der Waals surface area contributed by atoms with Gasteiger partial charge < -0.3 is 19.5 Å². The van der Waals surface area contributed by atoms with E-state index in [9.17, 15) is 4.79 Å². The molecular formula is C18H22BrClN4O4. The second-order valence-electron chi connectivity index (χ2n) is 6.83. The number of rotatable bonds is 7. The van der Waals surface area contributed by atoms with Gasteiger partial charge in [-0.15, -0.1) is 0 Å². The lowest BCUT2D eigenvalue weighted by Gasteiger charge is -2.23. The summed E-state index contributed by atoms with van der Waals surface area (Å²) in [5.41, 5.74) is 0.130. The first-order chi connectivity index (χ1) is 13.2. The highest BCUT2D eigenvalue weighted by Gasteiger charge is 2.21. The summed E-state index contributed by atoms with van der Waals surface area (Å²) in [5.74, 6) is 0.646. The lowest BCUT2D eigenvalue weighted by Crippen LogP contribution is -2.43. The minimum Gasteiger partial charge on any atom is -0.480 e. The van der Waals surface area contributed by atoms with Crippen LogP contribution in [0.5, 0.6) is 11.8 Å². The molecule has 2 heterocycles. The van der Waals surface area contributed by atoms with Crippen molar-refractivity contribution in [3.05, 3.63) is 39.8 Å². The molecule has 0 spiro atoms. The van der Waals surface area contributed by atoms with Crippen LogP contribution in [0.3, 0.4) is 0 Å². The first-order valence-electron chi connectivity index (χ1n) is 8.45. The normalized spacial score (nSPS) is 12.2. The van der Waals surface area contributed by atoms with Crippen LogP contribution in [-0.4, -0.2) is 46.4 Å². The Morgan fingerprint density at radius 3 is 2.57 bits per heavy atom. The predicted octanol–water partition coefficient (Wildman–Crippen LogP) is 3.81. The van der Waals surface area contributed by atoms with E-state index in [1.165, 1.54) is 13.4 Å². The van der Waals surface area contributed by atoms with Gasteiger partial charge in [0.15, 0.2) is 0 Å². The number of carbonyl (C=O) groups excluding carboxylic acids is 1. The number of nitrogens with zero attached hydrogens (tertiary/aromatic N) is 3. The summed E-state index contributed by atoms with van der Waals surface area (Å²) in [6.45, 7) is 5.51. The summed E-state index contributed by atoms with van der Waals surface area (Å²) in [6, 6.07) is 3.10. The largest absolute Gasteiger partial charge is 0.480 e. The summed E-state index contributed by atoms with van der Waals surface area (Å²) in [6.07, 6.45) is 2.75. The quantitative estimate of drug-likeness (QED) is 0.653.